The first-order valence-electron chi connectivity index (χ1n) is 6.67. The van der Waals surface area contributed by atoms with Gasteiger partial charge in [0, 0.05) is 19.0 Å². The maximum Gasteiger partial charge on any atom is 0.249 e. The van der Waals surface area contributed by atoms with E-state index in [1.165, 1.54) is 0 Å². The van der Waals surface area contributed by atoms with Crippen LogP contribution in [0.25, 0.3) is 0 Å². The van der Waals surface area contributed by atoms with E-state index in [-0.39, 0.29) is 6.10 Å². The summed E-state index contributed by atoms with van der Waals surface area (Å²) >= 11 is 0. The van der Waals surface area contributed by atoms with Crippen molar-refractivity contribution in [3.63, 3.8) is 0 Å². The lowest BCUT2D eigenvalue weighted by molar-refractivity contribution is -0.104. The Morgan fingerprint density at radius 2 is 1.95 bits per heavy atom. The van der Waals surface area contributed by atoms with E-state index < -0.39 is 11.8 Å². The predicted molar refractivity (Wildman–Crippen MR) is 71.2 cm³/mol. The van der Waals surface area contributed by atoms with E-state index in [4.69, 9.17) is 4.74 Å². The molecule has 0 bridgehead atoms. The second-order valence-corrected chi connectivity index (χ2v) is 5.53. The second kappa shape index (κ2) is 5.97. The van der Waals surface area contributed by atoms with E-state index in [0.717, 1.165) is 19.0 Å². The lowest BCUT2D eigenvalue weighted by atomic mass is 9.91. The van der Waals surface area contributed by atoms with E-state index in [1.807, 2.05) is 42.3 Å². The van der Waals surface area contributed by atoms with Crippen LogP contribution in [0.15, 0.2) is 30.3 Å². The number of nitrogens with zero attached hydrogens (tertiary/aromatic N) is 1. The van der Waals surface area contributed by atoms with E-state index in [2.05, 4.69) is 0 Å². The minimum atomic E-state index is -2.64. The molecule has 1 aliphatic heterocycles. The molecule has 0 radical (unpaired) electrons. The minimum Gasteiger partial charge on any atom is -0.372 e. The Labute approximate surface area is 113 Å². The molecule has 106 valence electrons. The molecule has 4 heteroatoms. The quantitative estimate of drug-likeness (QED) is 0.832. The molecule has 2 atom stereocenters. The van der Waals surface area contributed by atoms with Crippen molar-refractivity contribution in [3.8, 4) is 0 Å². The molecule has 19 heavy (non-hydrogen) atoms. The van der Waals surface area contributed by atoms with Gasteiger partial charge in [-0.05, 0) is 26.0 Å². The van der Waals surface area contributed by atoms with Gasteiger partial charge in [0.1, 0.15) is 0 Å². The lowest BCUT2D eigenvalue weighted by Crippen LogP contribution is -2.47. The number of benzene rings is 1. The van der Waals surface area contributed by atoms with Gasteiger partial charge in [-0.15, -0.1) is 0 Å². The van der Waals surface area contributed by atoms with Gasteiger partial charge >= 0.3 is 0 Å². The van der Waals surface area contributed by atoms with E-state index in [1.54, 1.807) is 0 Å². The maximum atomic E-state index is 13.4. The Bertz CT molecular complexity index is 391. The van der Waals surface area contributed by atoms with Gasteiger partial charge in [-0.3, -0.25) is 0 Å². The molecule has 2 nitrogen and oxygen atoms in total. The molecule has 2 unspecified atom stereocenters. The number of ether oxygens (including phenoxy) is 1. The summed E-state index contributed by atoms with van der Waals surface area (Å²) in [4.78, 5) is 1.93. The minimum absolute atomic E-state index is 0.116. The van der Waals surface area contributed by atoms with Gasteiger partial charge in [0.2, 0.25) is 5.92 Å². The van der Waals surface area contributed by atoms with Crippen molar-refractivity contribution in [3.05, 3.63) is 35.9 Å². The van der Waals surface area contributed by atoms with Gasteiger partial charge in [-0.25, -0.2) is 8.78 Å². The summed E-state index contributed by atoms with van der Waals surface area (Å²) < 4.78 is 32.7. The van der Waals surface area contributed by atoms with Crippen LogP contribution in [0.1, 0.15) is 18.9 Å². The molecule has 2 rings (SSSR count). The largest absolute Gasteiger partial charge is 0.372 e. The van der Waals surface area contributed by atoms with Crippen molar-refractivity contribution in [1.29, 1.82) is 0 Å². The van der Waals surface area contributed by atoms with Crippen LogP contribution in [0.2, 0.25) is 0 Å². The number of hydrogen-bond acceptors (Lipinski definition) is 2. The van der Waals surface area contributed by atoms with Crippen molar-refractivity contribution >= 4 is 0 Å². The van der Waals surface area contributed by atoms with Gasteiger partial charge in [0.25, 0.3) is 0 Å². The average molecular weight is 269 g/mol. The first-order valence-corrected chi connectivity index (χ1v) is 6.67. The lowest BCUT2D eigenvalue weighted by Gasteiger charge is -2.37. The summed E-state index contributed by atoms with van der Waals surface area (Å²) in [5.41, 5.74) is 1.08. The molecule has 0 N–H and O–H groups in total. The summed E-state index contributed by atoms with van der Waals surface area (Å²) in [6.07, 6.45) is 0.315. The summed E-state index contributed by atoms with van der Waals surface area (Å²) in [5.74, 6) is -3.25. The van der Waals surface area contributed by atoms with Gasteiger partial charge in [-0.1, -0.05) is 30.3 Å². The summed E-state index contributed by atoms with van der Waals surface area (Å²) in [6, 6.07) is 9.83. The molecule has 1 aliphatic rings. The molecule has 0 spiro atoms. The Kier molecular flexibility index (Phi) is 4.53. The first kappa shape index (κ1) is 14.4. The fourth-order valence-corrected chi connectivity index (χ4v) is 2.54. The number of hydrogen-bond donors (Lipinski definition) is 0. The molecule has 0 amide bonds. The monoisotopic (exact) mass is 269 g/mol. The zero-order valence-corrected chi connectivity index (χ0v) is 11.5. The van der Waals surface area contributed by atoms with Crippen LogP contribution in [0.3, 0.4) is 0 Å². The molecule has 1 aromatic carbocycles. The molecule has 0 aromatic heterocycles. The van der Waals surface area contributed by atoms with E-state index >= 15 is 0 Å². The Balaban J connectivity index is 1.89. The van der Waals surface area contributed by atoms with Gasteiger partial charge in [0.15, 0.2) is 0 Å². The average Bonchev–Trinajstić information content (AvgIpc) is 2.36. The van der Waals surface area contributed by atoms with Crippen LogP contribution in [0, 0.1) is 5.92 Å². The van der Waals surface area contributed by atoms with Crippen LogP contribution < -0.4 is 0 Å². The van der Waals surface area contributed by atoms with Gasteiger partial charge in [0.05, 0.1) is 12.7 Å². The Hall–Kier alpha value is -1.00. The zero-order valence-electron chi connectivity index (χ0n) is 11.5. The van der Waals surface area contributed by atoms with Crippen LogP contribution in [0.5, 0.6) is 0 Å². The highest BCUT2D eigenvalue weighted by Crippen LogP contribution is 2.32. The fraction of sp³-hybridized carbons (Fsp3) is 0.600. The molecular weight excluding hydrogens is 248 g/mol. The third-order valence-electron chi connectivity index (χ3n) is 3.64. The van der Waals surface area contributed by atoms with Gasteiger partial charge < -0.3 is 9.64 Å². The smallest absolute Gasteiger partial charge is 0.249 e. The maximum absolute atomic E-state index is 13.4. The van der Waals surface area contributed by atoms with Crippen molar-refractivity contribution in [2.24, 2.45) is 5.92 Å². The molecule has 1 saturated heterocycles. The van der Waals surface area contributed by atoms with Crippen molar-refractivity contribution in [1.82, 2.24) is 4.90 Å². The molecular formula is C15H21F2NO. The highest BCUT2D eigenvalue weighted by atomic mass is 19.3. The zero-order chi connectivity index (χ0) is 13.9. The third kappa shape index (κ3) is 4.25. The number of alkyl halides is 2. The highest BCUT2D eigenvalue weighted by molar-refractivity contribution is 5.13. The van der Waals surface area contributed by atoms with Crippen molar-refractivity contribution in [2.75, 3.05) is 20.1 Å². The first-order chi connectivity index (χ1) is 8.95. The van der Waals surface area contributed by atoms with E-state index in [9.17, 15) is 8.78 Å². The number of likely N-dealkylation sites (tertiary alicyclic amines) is 1. The van der Waals surface area contributed by atoms with Crippen molar-refractivity contribution in [2.45, 2.75) is 32.0 Å². The normalized spacial score (nSPS) is 25.5. The SMILES string of the molecule is CN1CC(OCc2ccccc2)CC(C(C)(F)F)C1. The number of likely N-dealkylation sites (N-methyl/N-ethyl adjacent to an activating group) is 1. The Morgan fingerprint density at radius 3 is 2.58 bits per heavy atom. The molecule has 1 aromatic rings. The van der Waals surface area contributed by atoms with Crippen LogP contribution in [0.4, 0.5) is 8.78 Å². The van der Waals surface area contributed by atoms with Crippen molar-refractivity contribution < 1.29 is 13.5 Å². The second-order valence-electron chi connectivity index (χ2n) is 5.53. The summed E-state index contributed by atoms with van der Waals surface area (Å²) in [5, 5.41) is 0. The highest BCUT2D eigenvalue weighted by Gasteiger charge is 2.39. The Morgan fingerprint density at radius 1 is 1.26 bits per heavy atom. The summed E-state index contributed by atoms with van der Waals surface area (Å²) in [7, 11) is 1.87. The number of piperidine rings is 1. The van der Waals surface area contributed by atoms with Crippen LogP contribution in [-0.2, 0) is 11.3 Å². The summed E-state index contributed by atoms with van der Waals surface area (Å²) in [6.45, 7) is 2.65. The third-order valence-corrected chi connectivity index (χ3v) is 3.64. The fourth-order valence-electron chi connectivity index (χ4n) is 2.54. The predicted octanol–water partition coefficient (Wildman–Crippen LogP) is 3.18. The molecule has 0 aliphatic carbocycles. The topological polar surface area (TPSA) is 12.5 Å². The van der Waals surface area contributed by atoms with Crippen LogP contribution in [-0.4, -0.2) is 37.1 Å². The van der Waals surface area contributed by atoms with Gasteiger partial charge in [-0.2, -0.15) is 0 Å². The standard InChI is InChI=1S/C15H21F2NO/c1-15(16,17)13-8-14(10-18(2)9-13)19-11-12-6-4-3-5-7-12/h3-7,13-14H,8-11H2,1-2H3. The number of rotatable bonds is 4. The molecule has 0 saturated carbocycles. The van der Waals surface area contributed by atoms with E-state index in [0.29, 0.717) is 19.6 Å². The molecule has 1 heterocycles. The number of halogens is 2. The van der Waals surface area contributed by atoms with Crippen LogP contribution >= 0.6 is 0 Å². The molecule has 1 fully saturated rings.